The lowest BCUT2D eigenvalue weighted by Crippen LogP contribution is -2.41. The number of hydrogen-bond acceptors (Lipinski definition) is 3. The van der Waals surface area contributed by atoms with E-state index in [1.54, 1.807) is 0 Å². The Morgan fingerprint density at radius 3 is 3.00 bits per heavy atom. The number of hydrogen-bond donors (Lipinski definition) is 2. The molecule has 3 saturated heterocycles. The van der Waals surface area contributed by atoms with Crippen LogP contribution in [0, 0.1) is 5.92 Å². The van der Waals surface area contributed by atoms with Gasteiger partial charge in [-0.3, -0.25) is 9.69 Å². The number of amides is 1. The molecule has 2 N–H and O–H groups in total. The van der Waals surface area contributed by atoms with E-state index in [1.165, 1.54) is 32.5 Å². The first kappa shape index (κ1) is 10.5. The Hall–Kier alpha value is -0.610. The zero-order valence-corrected chi connectivity index (χ0v) is 9.74. The van der Waals surface area contributed by atoms with Gasteiger partial charge >= 0.3 is 0 Å². The van der Waals surface area contributed by atoms with E-state index in [9.17, 15) is 4.79 Å². The Morgan fingerprint density at radius 2 is 2.25 bits per heavy atom. The van der Waals surface area contributed by atoms with Gasteiger partial charge in [0.25, 0.3) is 0 Å². The van der Waals surface area contributed by atoms with E-state index in [2.05, 4.69) is 15.5 Å². The van der Waals surface area contributed by atoms with Gasteiger partial charge in [-0.2, -0.15) is 0 Å². The molecule has 3 rings (SSSR count). The summed E-state index contributed by atoms with van der Waals surface area (Å²) in [6.07, 6.45) is 4.46. The first-order valence-electron chi connectivity index (χ1n) is 6.56. The number of rotatable bonds is 2. The summed E-state index contributed by atoms with van der Waals surface area (Å²) in [6, 6.07) is 1.12. The lowest BCUT2D eigenvalue weighted by molar-refractivity contribution is -0.119. The Kier molecular flexibility index (Phi) is 2.86. The van der Waals surface area contributed by atoms with Crippen molar-refractivity contribution in [2.75, 3.05) is 26.2 Å². The molecule has 3 fully saturated rings. The summed E-state index contributed by atoms with van der Waals surface area (Å²) >= 11 is 0. The summed E-state index contributed by atoms with van der Waals surface area (Å²) < 4.78 is 0. The Balaban J connectivity index is 1.51. The molecule has 0 aromatic rings. The second-order valence-electron chi connectivity index (χ2n) is 5.48. The number of carbonyl (C=O) groups excluding carboxylic acids is 1. The molecule has 4 nitrogen and oxygen atoms in total. The molecule has 1 amide bonds. The lowest BCUT2D eigenvalue weighted by Gasteiger charge is -2.24. The SMILES string of the molecule is O=C1CCC(CN2CC3CCCNC3C2)N1. The van der Waals surface area contributed by atoms with Gasteiger partial charge in [0.05, 0.1) is 0 Å². The molecular formula is C12H21N3O. The fraction of sp³-hybridized carbons (Fsp3) is 0.917. The fourth-order valence-corrected chi connectivity index (χ4v) is 3.41. The van der Waals surface area contributed by atoms with Gasteiger partial charge in [-0.1, -0.05) is 0 Å². The lowest BCUT2D eigenvalue weighted by atomic mass is 9.94. The van der Waals surface area contributed by atoms with Crippen molar-refractivity contribution in [1.82, 2.24) is 15.5 Å². The molecule has 3 unspecified atom stereocenters. The molecule has 0 aliphatic carbocycles. The third kappa shape index (κ3) is 2.09. The number of fused-ring (bicyclic) bond motifs is 1. The van der Waals surface area contributed by atoms with Crippen molar-refractivity contribution in [2.45, 2.75) is 37.8 Å². The molecule has 16 heavy (non-hydrogen) atoms. The minimum atomic E-state index is 0.236. The van der Waals surface area contributed by atoms with Crippen LogP contribution in [0.15, 0.2) is 0 Å². The van der Waals surface area contributed by atoms with Crippen molar-refractivity contribution >= 4 is 5.91 Å². The van der Waals surface area contributed by atoms with Crippen molar-refractivity contribution < 1.29 is 4.79 Å². The van der Waals surface area contributed by atoms with Crippen LogP contribution in [0.1, 0.15) is 25.7 Å². The molecular weight excluding hydrogens is 202 g/mol. The predicted molar refractivity (Wildman–Crippen MR) is 62.1 cm³/mol. The normalized spacial score (nSPS) is 39.8. The number of piperidine rings is 1. The van der Waals surface area contributed by atoms with Crippen LogP contribution >= 0.6 is 0 Å². The predicted octanol–water partition coefficient (Wildman–Crippen LogP) is -0.0512. The second-order valence-corrected chi connectivity index (χ2v) is 5.48. The average molecular weight is 223 g/mol. The fourth-order valence-electron chi connectivity index (χ4n) is 3.41. The van der Waals surface area contributed by atoms with Gasteiger partial charge in [0, 0.05) is 38.1 Å². The first-order chi connectivity index (χ1) is 7.81. The van der Waals surface area contributed by atoms with Crippen LogP contribution in [0.5, 0.6) is 0 Å². The summed E-state index contributed by atoms with van der Waals surface area (Å²) in [6.45, 7) is 4.65. The highest BCUT2D eigenvalue weighted by Gasteiger charge is 2.35. The molecule has 0 saturated carbocycles. The summed E-state index contributed by atoms with van der Waals surface area (Å²) in [5.74, 6) is 1.09. The standard InChI is InChI=1S/C12H21N3O/c16-12-4-3-10(14-12)7-15-6-9-2-1-5-13-11(9)8-15/h9-11,13H,1-8H2,(H,14,16). The number of nitrogens with one attached hydrogen (secondary N) is 2. The van der Waals surface area contributed by atoms with Crippen LogP contribution in [-0.4, -0.2) is 49.1 Å². The maximum atomic E-state index is 11.1. The largest absolute Gasteiger partial charge is 0.352 e. The second kappa shape index (κ2) is 4.34. The molecule has 3 atom stereocenters. The van der Waals surface area contributed by atoms with E-state index in [0.717, 1.165) is 25.3 Å². The zero-order valence-electron chi connectivity index (χ0n) is 9.74. The van der Waals surface area contributed by atoms with E-state index >= 15 is 0 Å². The minimum Gasteiger partial charge on any atom is -0.352 e. The molecule has 0 bridgehead atoms. The number of carbonyl (C=O) groups is 1. The topological polar surface area (TPSA) is 44.4 Å². The third-order valence-corrected chi connectivity index (χ3v) is 4.24. The smallest absolute Gasteiger partial charge is 0.220 e. The summed E-state index contributed by atoms with van der Waals surface area (Å²) in [5.41, 5.74) is 0. The minimum absolute atomic E-state index is 0.236. The monoisotopic (exact) mass is 223 g/mol. The maximum absolute atomic E-state index is 11.1. The van der Waals surface area contributed by atoms with Crippen molar-refractivity contribution in [1.29, 1.82) is 0 Å². The van der Waals surface area contributed by atoms with Crippen LogP contribution in [0.2, 0.25) is 0 Å². The van der Waals surface area contributed by atoms with Crippen LogP contribution in [-0.2, 0) is 4.79 Å². The quantitative estimate of drug-likeness (QED) is 0.690. The first-order valence-corrected chi connectivity index (χ1v) is 6.56. The van der Waals surface area contributed by atoms with Crippen molar-refractivity contribution in [3.05, 3.63) is 0 Å². The van der Waals surface area contributed by atoms with Gasteiger partial charge in [-0.05, 0) is 31.7 Å². The maximum Gasteiger partial charge on any atom is 0.220 e. The summed E-state index contributed by atoms with van der Waals surface area (Å²) in [7, 11) is 0. The molecule has 90 valence electrons. The Morgan fingerprint density at radius 1 is 1.31 bits per heavy atom. The van der Waals surface area contributed by atoms with Crippen LogP contribution in [0.3, 0.4) is 0 Å². The van der Waals surface area contributed by atoms with Crippen LogP contribution in [0.4, 0.5) is 0 Å². The molecule has 3 aliphatic heterocycles. The summed E-state index contributed by atoms with van der Waals surface area (Å²) in [5, 5.41) is 6.68. The van der Waals surface area contributed by atoms with E-state index in [-0.39, 0.29) is 5.91 Å². The molecule has 3 heterocycles. The van der Waals surface area contributed by atoms with Crippen molar-refractivity contribution in [3.8, 4) is 0 Å². The van der Waals surface area contributed by atoms with E-state index < -0.39 is 0 Å². The average Bonchev–Trinajstić information content (AvgIpc) is 2.84. The number of nitrogens with zero attached hydrogens (tertiary/aromatic N) is 1. The molecule has 0 spiro atoms. The van der Waals surface area contributed by atoms with Gasteiger partial charge in [-0.25, -0.2) is 0 Å². The van der Waals surface area contributed by atoms with Gasteiger partial charge in [0.2, 0.25) is 5.91 Å². The van der Waals surface area contributed by atoms with E-state index in [1.807, 2.05) is 0 Å². The van der Waals surface area contributed by atoms with E-state index in [4.69, 9.17) is 0 Å². The van der Waals surface area contributed by atoms with Crippen LogP contribution < -0.4 is 10.6 Å². The Bertz CT molecular complexity index is 267. The van der Waals surface area contributed by atoms with Crippen LogP contribution in [0.25, 0.3) is 0 Å². The van der Waals surface area contributed by atoms with E-state index in [0.29, 0.717) is 12.1 Å². The summed E-state index contributed by atoms with van der Waals surface area (Å²) in [4.78, 5) is 13.7. The van der Waals surface area contributed by atoms with Gasteiger partial charge in [-0.15, -0.1) is 0 Å². The van der Waals surface area contributed by atoms with Gasteiger partial charge in [0.1, 0.15) is 0 Å². The molecule has 0 radical (unpaired) electrons. The van der Waals surface area contributed by atoms with Gasteiger partial charge < -0.3 is 10.6 Å². The number of likely N-dealkylation sites (tertiary alicyclic amines) is 1. The molecule has 4 heteroatoms. The third-order valence-electron chi connectivity index (χ3n) is 4.24. The highest BCUT2D eigenvalue weighted by Crippen LogP contribution is 2.25. The highest BCUT2D eigenvalue weighted by molar-refractivity contribution is 5.78. The molecule has 0 aromatic carbocycles. The highest BCUT2D eigenvalue weighted by atomic mass is 16.1. The molecule has 3 aliphatic rings. The Labute approximate surface area is 96.8 Å². The molecule has 0 aromatic heterocycles. The zero-order chi connectivity index (χ0) is 11.0. The van der Waals surface area contributed by atoms with Gasteiger partial charge in [0.15, 0.2) is 0 Å². The van der Waals surface area contributed by atoms with Crippen molar-refractivity contribution in [3.63, 3.8) is 0 Å². The van der Waals surface area contributed by atoms with Crippen molar-refractivity contribution in [2.24, 2.45) is 5.92 Å².